The van der Waals surface area contributed by atoms with E-state index >= 15 is 0 Å². The Bertz CT molecular complexity index is 1410. The van der Waals surface area contributed by atoms with Gasteiger partial charge in [0.05, 0.1) is 18.5 Å². The molecule has 1 aromatic heterocycles. The number of aromatic amines is 1. The van der Waals surface area contributed by atoms with E-state index < -0.39 is 77.9 Å². The van der Waals surface area contributed by atoms with Crippen LogP contribution in [0, 0.1) is 0 Å². The maximum atomic E-state index is 13.8. The normalized spacial score (nSPS) is 14.8. The molecule has 0 saturated carbocycles. The van der Waals surface area contributed by atoms with Gasteiger partial charge in [-0.1, -0.05) is 0 Å². The van der Waals surface area contributed by atoms with Crippen LogP contribution >= 0.6 is 0 Å². The fourth-order valence-electron chi connectivity index (χ4n) is 4.89. The Kier molecular flexibility index (Phi) is 21.2. The number of carboxylic acid groups (broad SMARTS) is 1. The minimum absolute atomic E-state index is 0.0404. The predicted molar refractivity (Wildman–Crippen MR) is 198 cm³/mol. The number of amides is 5. The second-order valence-corrected chi connectivity index (χ2v) is 12.6. The van der Waals surface area contributed by atoms with Gasteiger partial charge < -0.3 is 76.2 Å². The van der Waals surface area contributed by atoms with Gasteiger partial charge in [0.25, 0.3) is 0 Å². The van der Waals surface area contributed by atoms with Crippen LogP contribution in [0.2, 0.25) is 0 Å². The van der Waals surface area contributed by atoms with Crippen molar-refractivity contribution in [3.63, 3.8) is 0 Å². The van der Waals surface area contributed by atoms with Gasteiger partial charge in [0.1, 0.15) is 30.2 Å². The van der Waals surface area contributed by atoms with Gasteiger partial charge in [-0.2, -0.15) is 0 Å². The number of unbranched alkanes of at least 4 members (excludes halogenated alkanes) is 1. The fraction of sp³-hybridized carbons (Fsp3) is 0.645. The molecule has 23 nitrogen and oxygen atoms in total. The number of aliphatic carboxylic acids is 1. The molecule has 7 atom stereocenters. The summed E-state index contributed by atoms with van der Waals surface area (Å²) in [6.07, 6.45) is 2.52. The van der Waals surface area contributed by atoms with Crippen molar-refractivity contribution in [3.05, 3.63) is 18.2 Å². The zero-order valence-corrected chi connectivity index (χ0v) is 30.6. The van der Waals surface area contributed by atoms with Gasteiger partial charge in [0.15, 0.2) is 11.9 Å². The van der Waals surface area contributed by atoms with Crippen LogP contribution in [0.1, 0.15) is 64.5 Å². The Morgan fingerprint density at radius 1 is 0.722 bits per heavy atom. The minimum atomic E-state index is -1.60. The number of imidazole rings is 1. The number of aromatic nitrogens is 2. The third-order valence-corrected chi connectivity index (χ3v) is 7.81. The van der Waals surface area contributed by atoms with Crippen LogP contribution in [-0.4, -0.2) is 130 Å². The summed E-state index contributed by atoms with van der Waals surface area (Å²) in [5.41, 5.74) is 33.1. The zero-order valence-electron chi connectivity index (χ0n) is 30.6. The lowest BCUT2D eigenvalue weighted by molar-refractivity contribution is -0.142. The number of carboxylic acids is 1. The standard InChI is InChI=1S/C31H57N15O8/c1-16(33)24(48)42-19(7-3-4-10-32)26(50)46-23(17(2)47)28(52)43-20(8-5-11-39-30(34)35)25(49)45-22(13-18-14-38-15-41-18)27(51)44-21(29(53)54)9-6-12-40-31(36)37/h14-17,19-23,47H,3-13,32-33H2,1-2H3,(H,38,41)(H,42,48)(H,43,52)(H,44,51)(H,45,49)(H,46,50)(H,53,54)(H4,34,35,39)(H4,36,37,40)/t16-,17+,19-,20-,21-,22-,23-/m0/s1. The molecule has 20 N–H and O–H groups in total. The Morgan fingerprint density at radius 2 is 1.20 bits per heavy atom. The molecular weight excluding hydrogens is 710 g/mol. The van der Waals surface area contributed by atoms with E-state index in [4.69, 9.17) is 34.4 Å². The number of hydrogen-bond donors (Lipinski definition) is 14. The van der Waals surface area contributed by atoms with E-state index in [1.807, 2.05) is 0 Å². The molecule has 0 spiro atoms. The molecule has 23 heteroatoms. The van der Waals surface area contributed by atoms with Crippen LogP contribution in [-0.2, 0) is 35.2 Å². The summed E-state index contributed by atoms with van der Waals surface area (Å²) in [6, 6.07) is -7.77. The van der Waals surface area contributed by atoms with Gasteiger partial charge in [0.2, 0.25) is 29.5 Å². The first-order chi connectivity index (χ1) is 25.5. The molecule has 0 saturated heterocycles. The summed E-state index contributed by atoms with van der Waals surface area (Å²) in [5, 5.41) is 32.7. The Morgan fingerprint density at radius 3 is 1.69 bits per heavy atom. The first-order valence-corrected chi connectivity index (χ1v) is 17.4. The number of guanidine groups is 2. The van der Waals surface area contributed by atoms with Crippen LogP contribution < -0.4 is 61.0 Å². The molecule has 5 amide bonds. The van der Waals surface area contributed by atoms with Gasteiger partial charge >= 0.3 is 5.97 Å². The van der Waals surface area contributed by atoms with Crippen LogP contribution in [0.3, 0.4) is 0 Å². The highest BCUT2D eigenvalue weighted by molar-refractivity contribution is 5.96. The molecule has 0 radical (unpaired) electrons. The average molecular weight is 768 g/mol. The second kappa shape index (κ2) is 24.6. The summed E-state index contributed by atoms with van der Waals surface area (Å²) in [7, 11) is 0. The number of carbonyl (C=O) groups is 6. The zero-order chi connectivity index (χ0) is 40.8. The van der Waals surface area contributed by atoms with E-state index in [2.05, 4.69) is 46.5 Å². The van der Waals surface area contributed by atoms with Gasteiger partial charge in [0, 0.05) is 31.4 Å². The predicted octanol–water partition coefficient (Wildman–Crippen LogP) is -5.58. The van der Waals surface area contributed by atoms with Crippen molar-refractivity contribution in [2.45, 2.75) is 108 Å². The Labute approximate surface area is 312 Å². The number of aliphatic imine (C=N–C) groups is 2. The number of nitrogens with zero attached hydrogens (tertiary/aromatic N) is 3. The Balaban J connectivity index is 3.32. The number of aliphatic hydroxyl groups excluding tert-OH is 1. The molecule has 1 rings (SSSR count). The van der Waals surface area contributed by atoms with Gasteiger partial charge in [-0.15, -0.1) is 0 Å². The maximum absolute atomic E-state index is 13.8. The number of hydrogen-bond acceptors (Lipinski definition) is 12. The van der Waals surface area contributed by atoms with Gasteiger partial charge in [-0.05, 0) is 65.3 Å². The number of nitrogens with two attached hydrogens (primary N) is 6. The molecule has 0 unspecified atom stereocenters. The molecule has 1 heterocycles. The number of H-pyrrole nitrogens is 1. The second-order valence-electron chi connectivity index (χ2n) is 12.6. The third-order valence-electron chi connectivity index (χ3n) is 7.81. The van der Waals surface area contributed by atoms with E-state index in [9.17, 15) is 39.0 Å². The molecule has 0 aromatic carbocycles. The topological polar surface area (TPSA) is 413 Å². The number of rotatable bonds is 26. The summed E-state index contributed by atoms with van der Waals surface area (Å²) >= 11 is 0. The van der Waals surface area contributed by atoms with Crippen molar-refractivity contribution in [3.8, 4) is 0 Å². The highest BCUT2D eigenvalue weighted by Gasteiger charge is 2.34. The molecule has 54 heavy (non-hydrogen) atoms. The van der Waals surface area contributed by atoms with Gasteiger partial charge in [-0.3, -0.25) is 34.0 Å². The number of carbonyl (C=O) groups excluding carboxylic acids is 5. The lowest BCUT2D eigenvalue weighted by Crippen LogP contribution is -2.61. The van der Waals surface area contributed by atoms with Gasteiger partial charge in [-0.25, -0.2) is 9.78 Å². The fourth-order valence-corrected chi connectivity index (χ4v) is 4.89. The molecule has 0 aliphatic rings. The smallest absolute Gasteiger partial charge is 0.326 e. The van der Waals surface area contributed by atoms with E-state index in [1.165, 1.54) is 26.4 Å². The summed E-state index contributed by atoms with van der Waals surface area (Å²) in [6.45, 7) is 3.18. The Hall–Kier alpha value is -5.55. The van der Waals surface area contributed by atoms with E-state index in [1.54, 1.807) is 0 Å². The number of aliphatic hydroxyl groups is 1. The summed E-state index contributed by atoms with van der Waals surface area (Å²) in [4.78, 5) is 92.9. The molecule has 0 aliphatic heterocycles. The summed E-state index contributed by atoms with van der Waals surface area (Å²) < 4.78 is 0. The largest absolute Gasteiger partial charge is 0.480 e. The van der Waals surface area contributed by atoms with Crippen LogP contribution in [0.4, 0.5) is 0 Å². The molecule has 0 aliphatic carbocycles. The van der Waals surface area contributed by atoms with Crippen LogP contribution in [0.5, 0.6) is 0 Å². The van der Waals surface area contributed by atoms with Crippen molar-refractivity contribution in [2.75, 3.05) is 19.6 Å². The highest BCUT2D eigenvalue weighted by Crippen LogP contribution is 2.08. The summed E-state index contributed by atoms with van der Waals surface area (Å²) in [5.74, 6) is -5.84. The number of nitrogens with one attached hydrogen (secondary N) is 6. The van der Waals surface area contributed by atoms with Crippen molar-refractivity contribution >= 4 is 47.4 Å². The molecule has 304 valence electrons. The van der Waals surface area contributed by atoms with E-state index in [-0.39, 0.29) is 63.5 Å². The molecular formula is C31H57N15O8. The molecule has 0 fully saturated rings. The monoisotopic (exact) mass is 767 g/mol. The first-order valence-electron chi connectivity index (χ1n) is 17.4. The highest BCUT2D eigenvalue weighted by atomic mass is 16.4. The first kappa shape index (κ1) is 46.5. The maximum Gasteiger partial charge on any atom is 0.326 e. The minimum Gasteiger partial charge on any atom is -0.480 e. The SMILES string of the molecule is C[C@H](N)C(=O)N[C@@H](CCCCN)C(=O)N[C@H](C(=O)N[C@@H](CCCN=C(N)N)C(=O)N[C@@H](Cc1cnc[nH]1)C(=O)N[C@@H](CCCN=C(N)N)C(=O)O)[C@@H](C)O. The van der Waals surface area contributed by atoms with E-state index in [0.717, 1.165) is 0 Å². The van der Waals surface area contributed by atoms with Crippen LogP contribution in [0.15, 0.2) is 22.5 Å². The van der Waals surface area contributed by atoms with Crippen molar-refractivity contribution < 1.29 is 39.0 Å². The lowest BCUT2D eigenvalue weighted by atomic mass is 10.0. The van der Waals surface area contributed by atoms with Crippen molar-refractivity contribution in [2.24, 2.45) is 44.4 Å². The third kappa shape index (κ3) is 18.3. The van der Waals surface area contributed by atoms with Crippen molar-refractivity contribution in [1.82, 2.24) is 36.6 Å². The average Bonchev–Trinajstić information content (AvgIpc) is 3.61. The van der Waals surface area contributed by atoms with Crippen molar-refractivity contribution in [1.29, 1.82) is 0 Å². The lowest BCUT2D eigenvalue weighted by Gasteiger charge is -2.28. The molecule has 1 aromatic rings. The molecule has 0 bridgehead atoms. The quantitative estimate of drug-likeness (QED) is 0.0237. The van der Waals surface area contributed by atoms with Crippen LogP contribution in [0.25, 0.3) is 0 Å². The van der Waals surface area contributed by atoms with E-state index in [0.29, 0.717) is 25.1 Å².